The molecule has 0 fully saturated rings. The van der Waals surface area contributed by atoms with Crippen LogP contribution < -0.4 is 0 Å². The molecule has 1 atom stereocenters. The van der Waals surface area contributed by atoms with E-state index in [1.807, 2.05) is 0 Å². The van der Waals surface area contributed by atoms with Crippen molar-refractivity contribution in [3.8, 4) is 0 Å². The largest absolute Gasteiger partial charge is 0.299 e. The molecule has 1 nitrogen and oxygen atoms in total. The van der Waals surface area contributed by atoms with Gasteiger partial charge in [-0.2, -0.15) is 0 Å². The van der Waals surface area contributed by atoms with E-state index in [1.165, 1.54) is 6.92 Å². The predicted molar refractivity (Wildman–Crippen MR) is 46.9 cm³/mol. The SMILES string of the molecule is CC(=O)C1C=CC=CC1(Cl)Cl. The Bertz CT molecular complexity index is 228. The third-order valence-electron chi connectivity index (χ3n) is 1.59. The minimum absolute atomic E-state index is 0.0180. The van der Waals surface area contributed by atoms with Crippen molar-refractivity contribution >= 4 is 29.0 Å². The Labute approximate surface area is 75.7 Å². The monoisotopic (exact) mass is 190 g/mol. The van der Waals surface area contributed by atoms with Crippen molar-refractivity contribution in [1.82, 2.24) is 0 Å². The quantitative estimate of drug-likeness (QED) is 0.582. The van der Waals surface area contributed by atoms with E-state index >= 15 is 0 Å². The van der Waals surface area contributed by atoms with E-state index in [0.29, 0.717) is 0 Å². The predicted octanol–water partition coefficient (Wildman–Crippen LogP) is 2.49. The van der Waals surface area contributed by atoms with Gasteiger partial charge in [0.05, 0.1) is 5.92 Å². The highest BCUT2D eigenvalue weighted by atomic mass is 35.5. The fraction of sp³-hybridized carbons (Fsp3) is 0.375. The van der Waals surface area contributed by atoms with Crippen molar-refractivity contribution in [2.24, 2.45) is 5.92 Å². The van der Waals surface area contributed by atoms with E-state index in [0.717, 1.165) is 0 Å². The average Bonchev–Trinajstić information content (AvgIpc) is 1.85. The molecule has 1 aliphatic carbocycles. The molecule has 11 heavy (non-hydrogen) atoms. The number of hydrogen-bond donors (Lipinski definition) is 0. The number of halogens is 2. The second-order valence-corrected chi connectivity index (χ2v) is 3.95. The first-order valence-corrected chi connectivity index (χ1v) is 4.04. The number of carbonyl (C=O) groups excluding carboxylic acids is 1. The molecule has 0 amide bonds. The summed E-state index contributed by atoms with van der Waals surface area (Å²) in [5.74, 6) is -0.425. The summed E-state index contributed by atoms with van der Waals surface area (Å²) in [5.41, 5.74) is 0. The Kier molecular flexibility index (Phi) is 2.40. The van der Waals surface area contributed by atoms with E-state index < -0.39 is 10.3 Å². The van der Waals surface area contributed by atoms with Gasteiger partial charge in [-0.3, -0.25) is 4.79 Å². The Balaban J connectivity index is 2.89. The van der Waals surface area contributed by atoms with Crippen LogP contribution in [0.15, 0.2) is 24.3 Å². The van der Waals surface area contributed by atoms with E-state index in [-0.39, 0.29) is 5.78 Å². The van der Waals surface area contributed by atoms with Crippen LogP contribution in [0, 0.1) is 5.92 Å². The summed E-state index contributed by atoms with van der Waals surface area (Å²) >= 11 is 11.7. The molecule has 60 valence electrons. The Morgan fingerprint density at radius 2 is 2.09 bits per heavy atom. The van der Waals surface area contributed by atoms with Crippen molar-refractivity contribution in [2.45, 2.75) is 11.3 Å². The number of carbonyl (C=O) groups is 1. The summed E-state index contributed by atoms with van der Waals surface area (Å²) in [6, 6.07) is 0. The highest BCUT2D eigenvalue weighted by Gasteiger charge is 2.34. The molecule has 0 saturated heterocycles. The third kappa shape index (κ3) is 1.85. The molecule has 0 radical (unpaired) electrons. The molecule has 1 aliphatic rings. The van der Waals surface area contributed by atoms with Gasteiger partial charge in [-0.05, 0) is 13.0 Å². The molecule has 0 aromatic heterocycles. The van der Waals surface area contributed by atoms with Gasteiger partial charge in [0.1, 0.15) is 10.1 Å². The molecule has 0 saturated carbocycles. The van der Waals surface area contributed by atoms with Crippen molar-refractivity contribution in [1.29, 1.82) is 0 Å². The molecule has 0 aromatic carbocycles. The van der Waals surface area contributed by atoms with E-state index in [4.69, 9.17) is 23.2 Å². The van der Waals surface area contributed by atoms with Crippen molar-refractivity contribution in [2.75, 3.05) is 0 Å². The van der Waals surface area contributed by atoms with Gasteiger partial charge in [0, 0.05) is 0 Å². The number of hydrogen-bond acceptors (Lipinski definition) is 1. The van der Waals surface area contributed by atoms with Crippen LogP contribution >= 0.6 is 23.2 Å². The third-order valence-corrected chi connectivity index (χ3v) is 2.31. The molecular formula is C8H8Cl2O. The van der Waals surface area contributed by atoms with Gasteiger partial charge in [-0.25, -0.2) is 0 Å². The maximum atomic E-state index is 11.0. The van der Waals surface area contributed by atoms with E-state index in [9.17, 15) is 4.79 Å². The topological polar surface area (TPSA) is 17.1 Å². The summed E-state index contributed by atoms with van der Waals surface area (Å²) in [6.07, 6.45) is 6.83. The first-order chi connectivity index (χ1) is 5.04. The highest BCUT2D eigenvalue weighted by molar-refractivity contribution is 6.51. The van der Waals surface area contributed by atoms with Gasteiger partial charge in [0.2, 0.25) is 0 Å². The van der Waals surface area contributed by atoms with Crippen LogP contribution in [0.3, 0.4) is 0 Å². The zero-order chi connectivity index (χ0) is 8.48. The molecule has 0 aliphatic heterocycles. The maximum Gasteiger partial charge on any atom is 0.149 e. The maximum absolute atomic E-state index is 11.0. The van der Waals surface area contributed by atoms with Gasteiger partial charge in [-0.15, -0.1) is 0 Å². The van der Waals surface area contributed by atoms with Crippen LogP contribution in [-0.2, 0) is 4.79 Å². The lowest BCUT2D eigenvalue weighted by molar-refractivity contribution is -0.119. The minimum atomic E-state index is -1.05. The van der Waals surface area contributed by atoms with Gasteiger partial charge in [0.25, 0.3) is 0 Å². The average molecular weight is 191 g/mol. The smallest absolute Gasteiger partial charge is 0.149 e. The number of Topliss-reactive ketones (excluding diaryl/α,β-unsaturated/α-hetero) is 1. The Morgan fingerprint density at radius 3 is 2.45 bits per heavy atom. The number of rotatable bonds is 1. The lowest BCUT2D eigenvalue weighted by atomic mass is 9.96. The summed E-state index contributed by atoms with van der Waals surface area (Å²) in [7, 11) is 0. The first kappa shape index (κ1) is 8.82. The van der Waals surface area contributed by atoms with Gasteiger partial charge in [0.15, 0.2) is 0 Å². The molecule has 0 spiro atoms. The summed E-state index contributed by atoms with van der Waals surface area (Å²) in [5, 5.41) is 0. The highest BCUT2D eigenvalue weighted by Crippen LogP contribution is 2.35. The fourth-order valence-corrected chi connectivity index (χ4v) is 1.60. The second kappa shape index (κ2) is 3.00. The number of alkyl halides is 2. The summed E-state index contributed by atoms with van der Waals surface area (Å²) in [4.78, 5) is 11.0. The number of ketones is 1. The lowest BCUT2D eigenvalue weighted by Gasteiger charge is -2.23. The number of allylic oxidation sites excluding steroid dienone is 4. The molecular weight excluding hydrogens is 183 g/mol. The molecule has 0 heterocycles. The fourth-order valence-electron chi connectivity index (χ4n) is 0.998. The van der Waals surface area contributed by atoms with Gasteiger partial charge >= 0.3 is 0 Å². The van der Waals surface area contributed by atoms with Crippen LogP contribution in [0.5, 0.6) is 0 Å². The van der Waals surface area contributed by atoms with Crippen LogP contribution in [-0.4, -0.2) is 10.1 Å². The van der Waals surface area contributed by atoms with E-state index in [1.54, 1.807) is 24.3 Å². The normalized spacial score (nSPS) is 27.0. The van der Waals surface area contributed by atoms with Crippen molar-refractivity contribution in [3.05, 3.63) is 24.3 Å². The summed E-state index contributed by atoms with van der Waals surface area (Å²) < 4.78 is -1.05. The van der Waals surface area contributed by atoms with E-state index in [2.05, 4.69) is 0 Å². The van der Waals surface area contributed by atoms with Crippen molar-refractivity contribution < 1.29 is 4.79 Å². The van der Waals surface area contributed by atoms with Crippen LogP contribution in [0.25, 0.3) is 0 Å². The van der Waals surface area contributed by atoms with Crippen LogP contribution in [0.1, 0.15) is 6.92 Å². The standard InChI is InChI=1S/C8H8Cl2O/c1-6(11)7-4-2-3-5-8(7,9)10/h2-5,7H,1H3. The van der Waals surface area contributed by atoms with Crippen LogP contribution in [0.4, 0.5) is 0 Å². The van der Waals surface area contributed by atoms with Gasteiger partial charge in [-0.1, -0.05) is 41.4 Å². The summed E-state index contributed by atoms with van der Waals surface area (Å²) in [6.45, 7) is 1.48. The Morgan fingerprint density at radius 1 is 1.45 bits per heavy atom. The van der Waals surface area contributed by atoms with Crippen molar-refractivity contribution in [3.63, 3.8) is 0 Å². The zero-order valence-corrected chi connectivity index (χ0v) is 7.56. The molecule has 0 aromatic rings. The molecule has 3 heteroatoms. The lowest BCUT2D eigenvalue weighted by Crippen LogP contribution is -2.28. The molecule has 1 unspecified atom stereocenters. The zero-order valence-electron chi connectivity index (χ0n) is 6.05. The molecule has 0 bridgehead atoms. The van der Waals surface area contributed by atoms with Gasteiger partial charge < -0.3 is 0 Å². The minimum Gasteiger partial charge on any atom is -0.299 e. The Hall–Kier alpha value is -0.270. The van der Waals surface area contributed by atoms with Crippen LogP contribution in [0.2, 0.25) is 0 Å². The second-order valence-electron chi connectivity index (χ2n) is 2.51. The molecule has 1 rings (SSSR count). The first-order valence-electron chi connectivity index (χ1n) is 3.28. The molecule has 0 N–H and O–H groups in total.